The van der Waals surface area contributed by atoms with E-state index in [9.17, 15) is 14.7 Å². The third-order valence-corrected chi connectivity index (χ3v) is 5.33. The molecule has 1 aromatic heterocycles. The van der Waals surface area contributed by atoms with Gasteiger partial charge in [0.05, 0.1) is 11.1 Å². The highest BCUT2D eigenvalue weighted by Crippen LogP contribution is 2.29. The highest BCUT2D eigenvalue weighted by Gasteiger charge is 2.23. The average molecular weight is 383 g/mol. The van der Waals surface area contributed by atoms with Crippen molar-refractivity contribution < 1.29 is 14.7 Å². The Balaban J connectivity index is 1.95. The molecule has 1 aliphatic rings. The maximum absolute atomic E-state index is 12.4. The summed E-state index contributed by atoms with van der Waals surface area (Å²) in [5.74, 6) is -0.209. The van der Waals surface area contributed by atoms with Crippen LogP contribution in [0.1, 0.15) is 62.7 Å². The molecule has 0 saturated heterocycles. The maximum atomic E-state index is 12.4. The van der Waals surface area contributed by atoms with Crippen LogP contribution in [0.3, 0.4) is 0 Å². The highest BCUT2D eigenvalue weighted by molar-refractivity contribution is 6.05. The summed E-state index contributed by atoms with van der Waals surface area (Å²) >= 11 is 0. The summed E-state index contributed by atoms with van der Waals surface area (Å²) in [6.07, 6.45) is 5.97. The summed E-state index contributed by atoms with van der Waals surface area (Å²) in [5.41, 5.74) is 1.47. The van der Waals surface area contributed by atoms with Gasteiger partial charge in [-0.3, -0.25) is 4.79 Å². The van der Waals surface area contributed by atoms with Crippen molar-refractivity contribution in [2.75, 3.05) is 23.3 Å². The molecule has 1 amide bonds. The van der Waals surface area contributed by atoms with E-state index in [2.05, 4.69) is 24.1 Å². The van der Waals surface area contributed by atoms with E-state index in [4.69, 9.17) is 4.98 Å². The first-order valence-electron chi connectivity index (χ1n) is 10.3. The molecule has 150 valence electrons. The van der Waals surface area contributed by atoms with E-state index < -0.39 is 5.97 Å². The van der Waals surface area contributed by atoms with Crippen LogP contribution in [0.5, 0.6) is 0 Å². The molecular weight excluding hydrogens is 354 g/mol. The summed E-state index contributed by atoms with van der Waals surface area (Å²) in [5, 5.41) is 13.3. The molecule has 1 heterocycles. The number of benzene rings is 1. The van der Waals surface area contributed by atoms with Crippen molar-refractivity contribution in [1.29, 1.82) is 0 Å². The fraction of sp³-hybridized carbons (Fsp3) is 0.500. The lowest BCUT2D eigenvalue weighted by atomic mass is 10.1. The standard InChI is InChI=1S/C22H29N3O3/c1-3-11-25(12-4-2)20-14-18(22(27)28)17-13-16(9-10-19(17)24-20)23-21(26)15-7-5-6-8-15/h9-10,13-15H,3-8,11-12H2,1-2H3,(H,23,26)(H,27,28). The zero-order chi connectivity index (χ0) is 20.1. The minimum Gasteiger partial charge on any atom is -0.478 e. The lowest BCUT2D eigenvalue weighted by Gasteiger charge is -2.23. The lowest BCUT2D eigenvalue weighted by molar-refractivity contribution is -0.119. The number of amides is 1. The highest BCUT2D eigenvalue weighted by atomic mass is 16.4. The molecule has 1 aromatic carbocycles. The van der Waals surface area contributed by atoms with Gasteiger partial charge in [0.25, 0.3) is 0 Å². The Labute approximate surface area is 165 Å². The number of aromatic nitrogens is 1. The van der Waals surface area contributed by atoms with E-state index in [0.29, 0.717) is 22.4 Å². The van der Waals surface area contributed by atoms with Crippen molar-refractivity contribution in [3.05, 3.63) is 29.8 Å². The summed E-state index contributed by atoms with van der Waals surface area (Å²) in [7, 11) is 0. The molecule has 28 heavy (non-hydrogen) atoms. The number of aromatic carboxylic acids is 1. The molecule has 0 atom stereocenters. The largest absolute Gasteiger partial charge is 0.478 e. The molecule has 0 radical (unpaired) electrons. The molecule has 3 rings (SSSR count). The van der Waals surface area contributed by atoms with Gasteiger partial charge in [0.1, 0.15) is 5.82 Å². The third-order valence-electron chi connectivity index (χ3n) is 5.33. The minimum atomic E-state index is -0.985. The Morgan fingerprint density at radius 3 is 2.43 bits per heavy atom. The third kappa shape index (κ3) is 4.43. The molecule has 6 nitrogen and oxygen atoms in total. The fourth-order valence-electron chi connectivity index (χ4n) is 3.94. The van der Waals surface area contributed by atoms with Crippen molar-refractivity contribution in [2.24, 2.45) is 5.92 Å². The van der Waals surface area contributed by atoms with Crippen LogP contribution in [-0.4, -0.2) is 35.1 Å². The number of fused-ring (bicyclic) bond motifs is 1. The topological polar surface area (TPSA) is 82.5 Å². The van der Waals surface area contributed by atoms with Crippen LogP contribution >= 0.6 is 0 Å². The fourth-order valence-corrected chi connectivity index (χ4v) is 3.94. The van der Waals surface area contributed by atoms with Gasteiger partial charge in [0, 0.05) is 30.1 Å². The van der Waals surface area contributed by atoms with Crippen LogP contribution in [0.15, 0.2) is 24.3 Å². The molecule has 0 aliphatic heterocycles. The van der Waals surface area contributed by atoms with Crippen LogP contribution in [0.25, 0.3) is 10.9 Å². The van der Waals surface area contributed by atoms with Gasteiger partial charge in [-0.1, -0.05) is 26.7 Å². The van der Waals surface area contributed by atoms with E-state index in [1.807, 2.05) is 6.07 Å². The molecule has 6 heteroatoms. The molecular formula is C22H29N3O3. The number of carbonyl (C=O) groups excluding carboxylic acids is 1. The number of carboxylic acids is 1. The summed E-state index contributed by atoms with van der Waals surface area (Å²) in [4.78, 5) is 31.2. The van der Waals surface area contributed by atoms with Gasteiger partial charge in [0.15, 0.2) is 0 Å². The monoisotopic (exact) mass is 383 g/mol. The van der Waals surface area contributed by atoms with Crippen LogP contribution in [-0.2, 0) is 4.79 Å². The summed E-state index contributed by atoms with van der Waals surface area (Å²) < 4.78 is 0. The zero-order valence-electron chi connectivity index (χ0n) is 16.7. The van der Waals surface area contributed by atoms with Gasteiger partial charge in [-0.25, -0.2) is 9.78 Å². The number of nitrogens with zero attached hydrogens (tertiary/aromatic N) is 2. The zero-order valence-corrected chi connectivity index (χ0v) is 16.7. The van der Waals surface area contributed by atoms with Gasteiger partial charge in [-0.2, -0.15) is 0 Å². The van der Waals surface area contributed by atoms with Crippen molar-refractivity contribution in [3.8, 4) is 0 Å². The first-order chi connectivity index (χ1) is 13.5. The summed E-state index contributed by atoms with van der Waals surface area (Å²) in [6.45, 7) is 5.87. The van der Waals surface area contributed by atoms with Crippen molar-refractivity contribution >= 4 is 34.3 Å². The van der Waals surface area contributed by atoms with E-state index in [1.165, 1.54) is 0 Å². The Kier molecular flexibility index (Phi) is 6.49. The van der Waals surface area contributed by atoms with Gasteiger partial charge in [-0.05, 0) is 49.9 Å². The molecule has 0 spiro atoms. The first kappa shape index (κ1) is 20.1. The second-order valence-electron chi connectivity index (χ2n) is 7.52. The molecule has 0 unspecified atom stereocenters. The van der Waals surface area contributed by atoms with Crippen LogP contribution in [0.2, 0.25) is 0 Å². The van der Waals surface area contributed by atoms with Crippen LogP contribution in [0, 0.1) is 5.92 Å². The predicted molar refractivity (Wildman–Crippen MR) is 112 cm³/mol. The van der Waals surface area contributed by atoms with E-state index in [0.717, 1.165) is 51.6 Å². The second kappa shape index (κ2) is 9.04. The number of rotatable bonds is 8. The number of pyridine rings is 1. The molecule has 1 saturated carbocycles. The minimum absolute atomic E-state index is 0.0235. The quantitative estimate of drug-likeness (QED) is 0.691. The van der Waals surface area contributed by atoms with Gasteiger partial charge in [-0.15, -0.1) is 0 Å². The molecule has 1 aliphatic carbocycles. The van der Waals surface area contributed by atoms with Gasteiger partial charge < -0.3 is 15.3 Å². The lowest BCUT2D eigenvalue weighted by Crippen LogP contribution is -2.26. The Morgan fingerprint density at radius 2 is 1.82 bits per heavy atom. The van der Waals surface area contributed by atoms with E-state index >= 15 is 0 Å². The number of carboxylic acid groups (broad SMARTS) is 1. The Morgan fingerprint density at radius 1 is 1.14 bits per heavy atom. The number of anilines is 2. The van der Waals surface area contributed by atoms with Gasteiger partial charge in [0.2, 0.25) is 5.91 Å². The summed E-state index contributed by atoms with van der Waals surface area (Å²) in [6, 6.07) is 6.98. The van der Waals surface area contributed by atoms with Gasteiger partial charge >= 0.3 is 5.97 Å². The number of nitrogens with one attached hydrogen (secondary N) is 1. The number of hydrogen-bond donors (Lipinski definition) is 2. The second-order valence-corrected chi connectivity index (χ2v) is 7.52. The smallest absolute Gasteiger partial charge is 0.336 e. The first-order valence-corrected chi connectivity index (χ1v) is 10.3. The maximum Gasteiger partial charge on any atom is 0.336 e. The number of hydrogen-bond acceptors (Lipinski definition) is 4. The molecule has 1 fully saturated rings. The molecule has 2 N–H and O–H groups in total. The molecule has 0 bridgehead atoms. The van der Waals surface area contributed by atoms with Crippen molar-refractivity contribution in [2.45, 2.75) is 52.4 Å². The molecule has 2 aromatic rings. The Bertz CT molecular complexity index is 853. The van der Waals surface area contributed by atoms with Crippen LogP contribution < -0.4 is 10.2 Å². The SMILES string of the molecule is CCCN(CCC)c1cc(C(=O)O)c2cc(NC(=O)C3CCCC3)ccc2n1. The van der Waals surface area contributed by atoms with Crippen LogP contribution in [0.4, 0.5) is 11.5 Å². The van der Waals surface area contributed by atoms with E-state index in [1.54, 1.807) is 18.2 Å². The van der Waals surface area contributed by atoms with Crippen molar-refractivity contribution in [3.63, 3.8) is 0 Å². The van der Waals surface area contributed by atoms with E-state index in [-0.39, 0.29) is 17.4 Å². The average Bonchev–Trinajstić information content (AvgIpc) is 3.22. The Hall–Kier alpha value is -2.63. The predicted octanol–water partition coefficient (Wildman–Crippen LogP) is 4.69. The van der Waals surface area contributed by atoms with Crippen molar-refractivity contribution in [1.82, 2.24) is 4.98 Å². The number of carbonyl (C=O) groups is 2. The normalized spacial score (nSPS) is 14.4.